The van der Waals surface area contributed by atoms with Gasteiger partial charge in [-0.1, -0.05) is 11.6 Å². The number of nitrogens with one attached hydrogen (secondary N) is 1. The van der Waals surface area contributed by atoms with Crippen LogP contribution in [0.15, 0.2) is 18.2 Å². The van der Waals surface area contributed by atoms with Gasteiger partial charge in [-0.3, -0.25) is 4.79 Å². The van der Waals surface area contributed by atoms with Crippen LogP contribution in [0, 0.1) is 3.57 Å². The summed E-state index contributed by atoms with van der Waals surface area (Å²) in [5.41, 5.74) is -1.91. The molecule has 0 atom stereocenters. The predicted molar refractivity (Wildman–Crippen MR) is 69.7 cm³/mol. The molecule has 1 aliphatic carbocycles. The minimum Gasteiger partial charge on any atom is -0.338 e. The average molecular weight is 390 g/mol. The Labute approximate surface area is 120 Å². The third kappa shape index (κ3) is 2.59. The number of hydrogen-bond donors (Lipinski definition) is 1. The lowest BCUT2D eigenvalue weighted by Crippen LogP contribution is -2.47. The molecule has 0 saturated heterocycles. The maximum absolute atomic E-state index is 12.7. The monoisotopic (exact) mass is 389 g/mol. The van der Waals surface area contributed by atoms with E-state index in [9.17, 15) is 18.0 Å². The third-order valence-corrected chi connectivity index (χ3v) is 4.40. The average Bonchev–Trinajstić information content (AvgIpc) is 3.02. The standard InChI is InChI=1S/C11H8ClF3INO/c12-7-5-6(1-2-8(7)16)9(18)17-10(3-4-10)11(13,14)15/h1-2,5H,3-4H2,(H,17,18). The summed E-state index contributed by atoms with van der Waals surface area (Å²) in [6.45, 7) is 0. The van der Waals surface area contributed by atoms with Gasteiger partial charge in [0.05, 0.1) is 5.02 Å². The largest absolute Gasteiger partial charge is 0.411 e. The van der Waals surface area contributed by atoms with Gasteiger partial charge in [0.1, 0.15) is 5.54 Å². The fraction of sp³-hybridized carbons (Fsp3) is 0.364. The summed E-state index contributed by atoms with van der Waals surface area (Å²) in [5, 5.41) is 2.39. The molecule has 7 heteroatoms. The van der Waals surface area contributed by atoms with Crippen molar-refractivity contribution in [1.29, 1.82) is 0 Å². The summed E-state index contributed by atoms with van der Waals surface area (Å²) in [5.74, 6) is -0.747. The van der Waals surface area contributed by atoms with Crippen LogP contribution in [0.1, 0.15) is 23.2 Å². The number of benzene rings is 1. The lowest BCUT2D eigenvalue weighted by atomic mass is 10.2. The molecule has 0 aliphatic heterocycles. The molecular weight excluding hydrogens is 381 g/mol. The van der Waals surface area contributed by atoms with E-state index in [2.05, 4.69) is 0 Å². The van der Waals surface area contributed by atoms with E-state index >= 15 is 0 Å². The first-order valence-corrected chi connectivity index (χ1v) is 6.55. The van der Waals surface area contributed by atoms with Crippen molar-refractivity contribution in [3.63, 3.8) is 0 Å². The van der Waals surface area contributed by atoms with Crippen molar-refractivity contribution in [3.05, 3.63) is 32.4 Å². The second-order valence-corrected chi connectivity index (χ2v) is 5.73. The van der Waals surface area contributed by atoms with Crippen LogP contribution in [0.3, 0.4) is 0 Å². The van der Waals surface area contributed by atoms with Crippen LogP contribution in [0.4, 0.5) is 13.2 Å². The second kappa shape index (κ2) is 4.56. The van der Waals surface area contributed by atoms with Gasteiger partial charge in [-0.2, -0.15) is 13.2 Å². The van der Waals surface area contributed by atoms with E-state index in [1.165, 1.54) is 12.1 Å². The molecule has 0 spiro atoms. The van der Waals surface area contributed by atoms with Crippen molar-refractivity contribution in [3.8, 4) is 0 Å². The molecule has 2 rings (SSSR count). The SMILES string of the molecule is O=C(NC1(C(F)(F)F)CC1)c1ccc(I)c(Cl)c1. The zero-order chi connectivity index (χ0) is 13.6. The molecule has 0 heterocycles. The summed E-state index contributed by atoms with van der Waals surface area (Å²) < 4.78 is 38.8. The van der Waals surface area contributed by atoms with E-state index in [-0.39, 0.29) is 18.4 Å². The van der Waals surface area contributed by atoms with Gasteiger partial charge in [-0.05, 0) is 53.6 Å². The molecule has 1 saturated carbocycles. The molecule has 1 aliphatic rings. The van der Waals surface area contributed by atoms with Crippen LogP contribution in [0.2, 0.25) is 5.02 Å². The molecule has 1 fully saturated rings. The second-order valence-electron chi connectivity index (χ2n) is 4.16. The highest BCUT2D eigenvalue weighted by Crippen LogP contribution is 2.49. The maximum Gasteiger partial charge on any atom is 0.411 e. The van der Waals surface area contributed by atoms with Crippen molar-refractivity contribution in [2.45, 2.75) is 24.6 Å². The number of carbonyl (C=O) groups is 1. The smallest absolute Gasteiger partial charge is 0.338 e. The molecule has 0 bridgehead atoms. The van der Waals surface area contributed by atoms with Crippen molar-refractivity contribution in [2.75, 3.05) is 0 Å². The Kier molecular flexibility index (Phi) is 3.52. The fourth-order valence-corrected chi connectivity index (χ4v) is 2.05. The zero-order valence-electron chi connectivity index (χ0n) is 8.94. The molecule has 1 N–H and O–H groups in total. The van der Waals surface area contributed by atoms with E-state index in [0.29, 0.717) is 5.02 Å². The summed E-state index contributed by atoms with van der Waals surface area (Å²) in [6, 6.07) is 4.41. The van der Waals surface area contributed by atoms with E-state index in [1.807, 2.05) is 27.9 Å². The highest BCUT2D eigenvalue weighted by molar-refractivity contribution is 14.1. The van der Waals surface area contributed by atoms with Crippen molar-refractivity contribution in [1.82, 2.24) is 5.32 Å². The summed E-state index contributed by atoms with van der Waals surface area (Å²) in [4.78, 5) is 11.7. The summed E-state index contributed by atoms with van der Waals surface area (Å²) in [6.07, 6.45) is -4.55. The lowest BCUT2D eigenvalue weighted by molar-refractivity contribution is -0.163. The van der Waals surface area contributed by atoms with E-state index in [0.717, 1.165) is 3.57 Å². The third-order valence-electron chi connectivity index (χ3n) is 2.83. The minimum atomic E-state index is -4.41. The van der Waals surface area contributed by atoms with Crippen LogP contribution in [-0.2, 0) is 0 Å². The molecule has 1 aromatic rings. The van der Waals surface area contributed by atoms with Crippen LogP contribution >= 0.6 is 34.2 Å². The molecule has 2 nitrogen and oxygen atoms in total. The minimum absolute atomic E-state index is 0.0691. The topological polar surface area (TPSA) is 29.1 Å². The first kappa shape index (κ1) is 13.9. The van der Waals surface area contributed by atoms with Crippen LogP contribution in [-0.4, -0.2) is 17.6 Å². The summed E-state index contributed by atoms with van der Waals surface area (Å²) >= 11 is 7.80. The molecule has 18 heavy (non-hydrogen) atoms. The van der Waals surface area contributed by atoms with Gasteiger partial charge in [0.2, 0.25) is 0 Å². The van der Waals surface area contributed by atoms with E-state index < -0.39 is 17.6 Å². The molecule has 1 amide bonds. The van der Waals surface area contributed by atoms with Crippen molar-refractivity contribution >= 4 is 40.1 Å². The van der Waals surface area contributed by atoms with Gasteiger partial charge in [0.15, 0.2) is 0 Å². The van der Waals surface area contributed by atoms with Crippen LogP contribution < -0.4 is 5.32 Å². The van der Waals surface area contributed by atoms with Gasteiger partial charge in [0.25, 0.3) is 5.91 Å². The Morgan fingerprint density at radius 1 is 1.39 bits per heavy atom. The zero-order valence-corrected chi connectivity index (χ0v) is 11.9. The number of halogens is 5. The van der Waals surface area contributed by atoms with Gasteiger partial charge >= 0.3 is 6.18 Å². The van der Waals surface area contributed by atoms with E-state index in [1.54, 1.807) is 6.07 Å². The maximum atomic E-state index is 12.7. The summed E-state index contributed by atoms with van der Waals surface area (Å²) in [7, 11) is 0. The Hall–Kier alpha value is -0.500. The first-order chi connectivity index (χ1) is 8.25. The Morgan fingerprint density at radius 3 is 2.44 bits per heavy atom. The normalized spacial score (nSPS) is 17.4. The van der Waals surface area contributed by atoms with Crippen molar-refractivity contribution in [2.24, 2.45) is 0 Å². The molecule has 0 radical (unpaired) electrons. The molecule has 0 aromatic heterocycles. The highest BCUT2D eigenvalue weighted by Gasteiger charge is 2.64. The number of hydrogen-bond acceptors (Lipinski definition) is 1. The number of alkyl halides is 3. The number of carbonyl (C=O) groups excluding carboxylic acids is 1. The quantitative estimate of drug-likeness (QED) is 0.767. The van der Waals surface area contributed by atoms with E-state index in [4.69, 9.17) is 11.6 Å². The first-order valence-electron chi connectivity index (χ1n) is 5.09. The van der Waals surface area contributed by atoms with Crippen LogP contribution in [0.5, 0.6) is 0 Å². The van der Waals surface area contributed by atoms with Crippen molar-refractivity contribution < 1.29 is 18.0 Å². The Balaban J connectivity index is 2.16. The predicted octanol–water partition coefficient (Wildman–Crippen LogP) is 3.77. The van der Waals surface area contributed by atoms with Crippen LogP contribution in [0.25, 0.3) is 0 Å². The molecular formula is C11H8ClF3INO. The number of rotatable bonds is 2. The molecule has 0 unspecified atom stereocenters. The van der Waals surface area contributed by atoms with Gasteiger partial charge in [-0.15, -0.1) is 0 Å². The van der Waals surface area contributed by atoms with Gasteiger partial charge in [0, 0.05) is 9.13 Å². The van der Waals surface area contributed by atoms with Gasteiger partial charge < -0.3 is 5.32 Å². The molecule has 1 aromatic carbocycles. The highest BCUT2D eigenvalue weighted by atomic mass is 127. The fourth-order valence-electron chi connectivity index (χ4n) is 1.53. The Morgan fingerprint density at radius 2 is 2.00 bits per heavy atom. The number of amides is 1. The lowest BCUT2D eigenvalue weighted by Gasteiger charge is -2.20. The molecule has 98 valence electrons. The van der Waals surface area contributed by atoms with Gasteiger partial charge in [-0.25, -0.2) is 0 Å². The Bertz CT molecular complexity index is 500.